The summed E-state index contributed by atoms with van der Waals surface area (Å²) >= 11 is 6.11. The average molecular weight is 196 g/mol. The summed E-state index contributed by atoms with van der Waals surface area (Å²) in [5.74, 6) is 0.736. The molecule has 0 saturated heterocycles. The highest BCUT2D eigenvalue weighted by atomic mass is 35.5. The number of benzene rings is 1. The summed E-state index contributed by atoms with van der Waals surface area (Å²) in [6.07, 6.45) is 2.31. The smallest absolute Gasteiger partial charge is 0.0440 e. The number of nitrogens with one attached hydrogen (secondary N) is 1. The second kappa shape index (κ2) is 3.69. The zero-order chi connectivity index (χ0) is 9.26. The van der Waals surface area contributed by atoms with E-state index in [0.717, 1.165) is 23.9 Å². The summed E-state index contributed by atoms with van der Waals surface area (Å²) in [6, 6.07) is 6.22. The number of rotatable bonds is 2. The van der Waals surface area contributed by atoms with Crippen molar-refractivity contribution in [2.75, 3.05) is 13.6 Å². The molecule has 13 heavy (non-hydrogen) atoms. The molecule has 1 atom stereocenters. The molecule has 2 rings (SSSR count). The first-order chi connectivity index (χ1) is 6.31. The summed E-state index contributed by atoms with van der Waals surface area (Å²) in [5, 5.41) is 4.16. The Morgan fingerprint density at radius 2 is 2.31 bits per heavy atom. The van der Waals surface area contributed by atoms with E-state index in [1.54, 1.807) is 0 Å². The maximum atomic E-state index is 6.11. The first-order valence-electron chi connectivity index (χ1n) is 4.72. The molecule has 1 aliphatic carbocycles. The lowest BCUT2D eigenvalue weighted by atomic mass is 10.1. The van der Waals surface area contributed by atoms with Crippen molar-refractivity contribution in [2.45, 2.75) is 12.8 Å². The van der Waals surface area contributed by atoms with Gasteiger partial charge in [-0.1, -0.05) is 23.7 Å². The fraction of sp³-hybridized carbons (Fsp3) is 0.455. The van der Waals surface area contributed by atoms with Gasteiger partial charge in [-0.3, -0.25) is 0 Å². The molecule has 2 heteroatoms. The number of fused-ring (bicyclic) bond motifs is 1. The van der Waals surface area contributed by atoms with Crippen LogP contribution in [0.15, 0.2) is 18.2 Å². The lowest BCUT2D eigenvalue weighted by molar-refractivity contribution is 0.526. The molecular weight excluding hydrogens is 182 g/mol. The Labute approximate surface area is 84.1 Å². The van der Waals surface area contributed by atoms with E-state index in [2.05, 4.69) is 11.4 Å². The highest BCUT2D eigenvalue weighted by molar-refractivity contribution is 6.31. The zero-order valence-corrected chi connectivity index (χ0v) is 8.56. The summed E-state index contributed by atoms with van der Waals surface area (Å²) in [7, 11) is 2.00. The highest BCUT2D eigenvalue weighted by Crippen LogP contribution is 2.31. The SMILES string of the molecule is CNCC1Cc2cccc(Cl)c2C1. The van der Waals surface area contributed by atoms with Crippen molar-refractivity contribution < 1.29 is 0 Å². The molecule has 0 bridgehead atoms. The molecule has 0 spiro atoms. The molecule has 0 saturated carbocycles. The third-order valence-electron chi connectivity index (χ3n) is 2.71. The van der Waals surface area contributed by atoms with Crippen molar-refractivity contribution in [3.05, 3.63) is 34.3 Å². The van der Waals surface area contributed by atoms with Crippen molar-refractivity contribution in [1.82, 2.24) is 5.32 Å². The first kappa shape index (κ1) is 9.04. The van der Waals surface area contributed by atoms with Crippen LogP contribution in [0, 0.1) is 5.92 Å². The maximum absolute atomic E-state index is 6.11. The van der Waals surface area contributed by atoms with E-state index >= 15 is 0 Å². The minimum Gasteiger partial charge on any atom is -0.319 e. The standard InChI is InChI=1S/C11H14ClN/c1-13-7-8-5-9-3-2-4-11(12)10(9)6-8/h2-4,8,13H,5-7H2,1H3. The van der Waals surface area contributed by atoms with Gasteiger partial charge >= 0.3 is 0 Å². The van der Waals surface area contributed by atoms with Crippen molar-refractivity contribution >= 4 is 11.6 Å². The van der Waals surface area contributed by atoms with Gasteiger partial charge in [-0.2, -0.15) is 0 Å². The van der Waals surface area contributed by atoms with Crippen LogP contribution in [0.25, 0.3) is 0 Å². The molecule has 1 aromatic rings. The Morgan fingerprint density at radius 3 is 3.00 bits per heavy atom. The van der Waals surface area contributed by atoms with Crippen LogP contribution in [-0.2, 0) is 12.8 Å². The second-order valence-electron chi connectivity index (χ2n) is 3.71. The van der Waals surface area contributed by atoms with Crippen LogP contribution in [0.5, 0.6) is 0 Å². The van der Waals surface area contributed by atoms with Gasteiger partial charge in [0.05, 0.1) is 0 Å². The molecule has 0 fully saturated rings. The number of hydrogen-bond donors (Lipinski definition) is 1. The molecule has 1 N–H and O–H groups in total. The van der Waals surface area contributed by atoms with Gasteiger partial charge in [0.25, 0.3) is 0 Å². The largest absolute Gasteiger partial charge is 0.319 e. The Bertz CT molecular complexity index is 309. The van der Waals surface area contributed by atoms with Gasteiger partial charge in [0.15, 0.2) is 0 Å². The van der Waals surface area contributed by atoms with Gasteiger partial charge in [-0.15, -0.1) is 0 Å². The van der Waals surface area contributed by atoms with E-state index in [-0.39, 0.29) is 0 Å². The minimum atomic E-state index is 0.736. The second-order valence-corrected chi connectivity index (χ2v) is 4.12. The Morgan fingerprint density at radius 1 is 1.46 bits per heavy atom. The number of halogens is 1. The zero-order valence-electron chi connectivity index (χ0n) is 7.81. The van der Waals surface area contributed by atoms with Gasteiger partial charge in [0.2, 0.25) is 0 Å². The summed E-state index contributed by atoms with van der Waals surface area (Å²) in [6.45, 7) is 1.09. The van der Waals surface area contributed by atoms with Gasteiger partial charge in [-0.05, 0) is 49.5 Å². The monoisotopic (exact) mass is 195 g/mol. The van der Waals surface area contributed by atoms with E-state index in [4.69, 9.17) is 11.6 Å². The third kappa shape index (κ3) is 1.72. The van der Waals surface area contributed by atoms with Crippen LogP contribution in [0.3, 0.4) is 0 Å². The predicted octanol–water partition coefficient (Wildman–Crippen LogP) is 2.27. The van der Waals surface area contributed by atoms with Crippen molar-refractivity contribution in [1.29, 1.82) is 0 Å². The van der Waals surface area contributed by atoms with Crippen LogP contribution >= 0.6 is 11.6 Å². The third-order valence-corrected chi connectivity index (χ3v) is 3.06. The molecule has 0 heterocycles. The summed E-state index contributed by atoms with van der Waals surface area (Å²) < 4.78 is 0. The predicted molar refractivity (Wildman–Crippen MR) is 56.3 cm³/mol. The normalized spacial score (nSPS) is 20.3. The van der Waals surface area contributed by atoms with E-state index in [0.29, 0.717) is 0 Å². The Balaban J connectivity index is 2.20. The fourth-order valence-corrected chi connectivity index (χ4v) is 2.40. The fourth-order valence-electron chi connectivity index (χ4n) is 2.13. The Hall–Kier alpha value is -0.530. The van der Waals surface area contributed by atoms with Gasteiger partial charge in [0.1, 0.15) is 0 Å². The minimum absolute atomic E-state index is 0.736. The van der Waals surface area contributed by atoms with E-state index in [1.807, 2.05) is 19.2 Å². The topological polar surface area (TPSA) is 12.0 Å². The average Bonchev–Trinajstić information content (AvgIpc) is 2.49. The molecular formula is C11H14ClN. The van der Waals surface area contributed by atoms with Crippen LogP contribution in [0.1, 0.15) is 11.1 Å². The van der Waals surface area contributed by atoms with E-state index in [9.17, 15) is 0 Å². The highest BCUT2D eigenvalue weighted by Gasteiger charge is 2.22. The quantitative estimate of drug-likeness (QED) is 0.764. The molecule has 0 aliphatic heterocycles. The van der Waals surface area contributed by atoms with Gasteiger partial charge in [0, 0.05) is 5.02 Å². The Kier molecular flexibility index (Phi) is 2.56. The van der Waals surface area contributed by atoms with Crippen molar-refractivity contribution in [3.8, 4) is 0 Å². The molecule has 1 nitrogen and oxygen atoms in total. The molecule has 0 radical (unpaired) electrons. The maximum Gasteiger partial charge on any atom is 0.0440 e. The molecule has 1 unspecified atom stereocenters. The van der Waals surface area contributed by atoms with Crippen molar-refractivity contribution in [2.24, 2.45) is 5.92 Å². The van der Waals surface area contributed by atoms with Gasteiger partial charge in [-0.25, -0.2) is 0 Å². The molecule has 0 amide bonds. The lowest BCUT2D eigenvalue weighted by Gasteiger charge is -2.06. The summed E-state index contributed by atoms with van der Waals surface area (Å²) in [4.78, 5) is 0. The van der Waals surface area contributed by atoms with Gasteiger partial charge < -0.3 is 5.32 Å². The van der Waals surface area contributed by atoms with Crippen LogP contribution in [0.2, 0.25) is 5.02 Å². The molecule has 0 aromatic heterocycles. The molecule has 1 aromatic carbocycles. The van der Waals surface area contributed by atoms with Crippen LogP contribution < -0.4 is 5.32 Å². The van der Waals surface area contributed by atoms with E-state index in [1.165, 1.54) is 17.5 Å². The summed E-state index contributed by atoms with van der Waals surface area (Å²) in [5.41, 5.74) is 2.80. The molecule has 1 aliphatic rings. The van der Waals surface area contributed by atoms with E-state index < -0.39 is 0 Å². The number of hydrogen-bond acceptors (Lipinski definition) is 1. The first-order valence-corrected chi connectivity index (χ1v) is 5.10. The molecule has 70 valence electrons. The van der Waals surface area contributed by atoms with Crippen LogP contribution in [0.4, 0.5) is 0 Å². The lowest BCUT2D eigenvalue weighted by Crippen LogP contribution is -2.18. The van der Waals surface area contributed by atoms with Crippen molar-refractivity contribution in [3.63, 3.8) is 0 Å². The van der Waals surface area contributed by atoms with Crippen LogP contribution in [-0.4, -0.2) is 13.6 Å².